The Bertz CT molecular complexity index is 916. The Morgan fingerprint density at radius 3 is 1.97 bits per heavy atom. The Balaban J connectivity index is 1.54. The van der Waals surface area contributed by atoms with E-state index in [2.05, 4.69) is 24.3 Å². The molecule has 1 saturated carbocycles. The molecule has 0 aromatic heterocycles. The van der Waals surface area contributed by atoms with Crippen LogP contribution in [0.5, 0.6) is 0 Å². The highest BCUT2D eigenvalue weighted by Crippen LogP contribution is 2.44. The van der Waals surface area contributed by atoms with Crippen LogP contribution in [0.3, 0.4) is 0 Å². The van der Waals surface area contributed by atoms with Crippen LogP contribution in [0, 0.1) is 5.92 Å². The zero-order chi connectivity index (χ0) is 22.7. The van der Waals surface area contributed by atoms with Gasteiger partial charge in [-0.2, -0.15) is 0 Å². The van der Waals surface area contributed by atoms with Crippen LogP contribution in [0.25, 0.3) is 11.1 Å². The summed E-state index contributed by atoms with van der Waals surface area (Å²) in [6.07, 6.45) is 5.47. The number of amides is 1. The number of carbonyl (C=O) groups is 2. The Kier molecular flexibility index (Phi) is 6.83. The molecule has 2 aromatic carbocycles. The molecule has 2 aromatic rings. The minimum absolute atomic E-state index is 0.0297. The molecule has 1 N–H and O–H groups in total. The highest BCUT2D eigenvalue weighted by molar-refractivity contribution is 5.81. The highest BCUT2D eigenvalue weighted by atomic mass is 16.6. The van der Waals surface area contributed by atoms with Crippen molar-refractivity contribution in [2.24, 2.45) is 5.92 Å². The van der Waals surface area contributed by atoms with Crippen molar-refractivity contribution in [3.8, 4) is 11.1 Å². The summed E-state index contributed by atoms with van der Waals surface area (Å²) < 4.78 is 5.84. The van der Waals surface area contributed by atoms with E-state index in [9.17, 15) is 14.7 Å². The van der Waals surface area contributed by atoms with Crippen LogP contribution in [0.15, 0.2) is 48.5 Å². The number of ether oxygens (including phenoxy) is 1. The van der Waals surface area contributed by atoms with Crippen molar-refractivity contribution in [3.05, 3.63) is 59.7 Å². The standard InChI is InChI=1S/C27H33NO4/c1-18(2)28(25(26(29)30)19-11-5-3-4-6-12-19)27(31)32-17-24-22-15-9-7-13-20(22)21-14-8-10-16-23(21)24/h7-10,13-16,18-19,24-25H,3-6,11-12,17H2,1-2H3,(H,29,30). The largest absolute Gasteiger partial charge is 0.480 e. The van der Waals surface area contributed by atoms with Crippen molar-refractivity contribution in [2.75, 3.05) is 6.61 Å². The van der Waals surface area contributed by atoms with Gasteiger partial charge in [0.15, 0.2) is 0 Å². The highest BCUT2D eigenvalue weighted by Gasteiger charge is 2.39. The molecule has 170 valence electrons. The molecule has 0 radical (unpaired) electrons. The molecule has 0 bridgehead atoms. The Morgan fingerprint density at radius 1 is 0.938 bits per heavy atom. The predicted octanol–water partition coefficient (Wildman–Crippen LogP) is 6.07. The van der Waals surface area contributed by atoms with Gasteiger partial charge in [0, 0.05) is 12.0 Å². The fraction of sp³-hybridized carbons (Fsp3) is 0.481. The quantitative estimate of drug-likeness (QED) is 0.559. The number of hydrogen-bond acceptors (Lipinski definition) is 3. The molecule has 1 amide bonds. The molecule has 1 fully saturated rings. The average Bonchev–Trinajstić information content (AvgIpc) is 2.91. The smallest absolute Gasteiger partial charge is 0.410 e. The van der Waals surface area contributed by atoms with E-state index in [4.69, 9.17) is 4.74 Å². The van der Waals surface area contributed by atoms with Gasteiger partial charge in [0.1, 0.15) is 12.6 Å². The van der Waals surface area contributed by atoms with E-state index in [0.717, 1.165) is 49.7 Å². The van der Waals surface area contributed by atoms with Gasteiger partial charge in [-0.05, 0) is 54.9 Å². The Labute approximate surface area is 190 Å². The molecule has 32 heavy (non-hydrogen) atoms. The third-order valence-corrected chi connectivity index (χ3v) is 7.00. The molecule has 0 aliphatic heterocycles. The second-order valence-corrected chi connectivity index (χ2v) is 9.34. The molecule has 1 atom stereocenters. The maximum atomic E-state index is 13.3. The van der Waals surface area contributed by atoms with E-state index in [0.29, 0.717) is 0 Å². The molecule has 4 rings (SSSR count). The summed E-state index contributed by atoms with van der Waals surface area (Å²) in [7, 11) is 0. The monoisotopic (exact) mass is 435 g/mol. The molecule has 1 unspecified atom stereocenters. The summed E-state index contributed by atoms with van der Waals surface area (Å²) in [6.45, 7) is 3.94. The van der Waals surface area contributed by atoms with Gasteiger partial charge in [-0.1, -0.05) is 74.2 Å². The molecule has 5 heteroatoms. The number of carboxylic acids is 1. The molecular weight excluding hydrogens is 402 g/mol. The maximum absolute atomic E-state index is 13.3. The van der Waals surface area contributed by atoms with Crippen molar-refractivity contribution in [1.82, 2.24) is 4.90 Å². The second kappa shape index (κ2) is 9.76. The lowest BCUT2D eigenvalue weighted by atomic mass is 9.90. The van der Waals surface area contributed by atoms with Crippen molar-refractivity contribution in [2.45, 2.75) is 70.4 Å². The molecule has 2 aliphatic rings. The van der Waals surface area contributed by atoms with Gasteiger partial charge in [-0.15, -0.1) is 0 Å². The summed E-state index contributed by atoms with van der Waals surface area (Å²) in [5.41, 5.74) is 4.64. The SMILES string of the molecule is CC(C)N(C(=O)OCC1c2ccccc2-c2ccccc21)C(C(=O)O)C1CCCCCC1. The first-order chi connectivity index (χ1) is 15.5. The number of nitrogens with zero attached hydrogens (tertiary/aromatic N) is 1. The molecule has 5 nitrogen and oxygen atoms in total. The van der Waals surface area contributed by atoms with E-state index in [1.807, 2.05) is 38.1 Å². The number of carboxylic acid groups (broad SMARTS) is 1. The van der Waals surface area contributed by atoms with Crippen molar-refractivity contribution < 1.29 is 19.4 Å². The molecule has 0 saturated heterocycles. The molecule has 0 spiro atoms. The number of hydrogen-bond donors (Lipinski definition) is 1. The van der Waals surface area contributed by atoms with Gasteiger partial charge in [0.05, 0.1) is 0 Å². The molecule has 0 heterocycles. The van der Waals surface area contributed by atoms with Gasteiger partial charge >= 0.3 is 12.1 Å². The van der Waals surface area contributed by atoms with E-state index < -0.39 is 18.1 Å². The topological polar surface area (TPSA) is 66.8 Å². The first-order valence-corrected chi connectivity index (χ1v) is 11.8. The minimum Gasteiger partial charge on any atom is -0.480 e. The summed E-state index contributed by atoms with van der Waals surface area (Å²) in [4.78, 5) is 27.0. The second-order valence-electron chi connectivity index (χ2n) is 9.34. The third kappa shape index (κ3) is 4.38. The van der Waals surface area contributed by atoms with Crippen LogP contribution in [-0.4, -0.2) is 40.8 Å². The lowest BCUT2D eigenvalue weighted by Gasteiger charge is -2.36. The predicted molar refractivity (Wildman–Crippen MR) is 125 cm³/mol. The zero-order valence-corrected chi connectivity index (χ0v) is 19.0. The van der Waals surface area contributed by atoms with E-state index in [-0.39, 0.29) is 24.5 Å². The Morgan fingerprint density at radius 2 is 1.47 bits per heavy atom. The fourth-order valence-corrected chi connectivity index (χ4v) is 5.49. The summed E-state index contributed by atoms with van der Waals surface area (Å²) in [5.74, 6) is -1.00. The van der Waals surface area contributed by atoms with Crippen LogP contribution in [0.1, 0.15) is 69.4 Å². The van der Waals surface area contributed by atoms with Crippen molar-refractivity contribution >= 4 is 12.1 Å². The van der Waals surface area contributed by atoms with Gasteiger partial charge in [-0.3, -0.25) is 4.90 Å². The van der Waals surface area contributed by atoms with Crippen molar-refractivity contribution in [3.63, 3.8) is 0 Å². The van der Waals surface area contributed by atoms with E-state index in [1.165, 1.54) is 16.0 Å². The van der Waals surface area contributed by atoms with Crippen LogP contribution in [0.4, 0.5) is 4.79 Å². The van der Waals surface area contributed by atoms with Crippen LogP contribution in [-0.2, 0) is 9.53 Å². The number of carbonyl (C=O) groups excluding carboxylic acids is 1. The lowest BCUT2D eigenvalue weighted by molar-refractivity contribution is -0.146. The average molecular weight is 436 g/mol. The number of benzene rings is 2. The summed E-state index contributed by atoms with van der Waals surface area (Å²) in [6, 6.07) is 15.3. The maximum Gasteiger partial charge on any atom is 0.410 e. The number of fused-ring (bicyclic) bond motifs is 3. The van der Waals surface area contributed by atoms with Gasteiger partial charge < -0.3 is 9.84 Å². The lowest BCUT2D eigenvalue weighted by Crippen LogP contribution is -2.52. The van der Waals surface area contributed by atoms with E-state index in [1.54, 1.807) is 0 Å². The minimum atomic E-state index is -0.931. The Hall–Kier alpha value is -2.82. The first kappa shape index (κ1) is 22.4. The number of rotatable bonds is 6. The van der Waals surface area contributed by atoms with Crippen LogP contribution in [0.2, 0.25) is 0 Å². The first-order valence-electron chi connectivity index (χ1n) is 11.8. The van der Waals surface area contributed by atoms with Gasteiger partial charge in [-0.25, -0.2) is 9.59 Å². The summed E-state index contributed by atoms with van der Waals surface area (Å²) in [5, 5.41) is 10.1. The van der Waals surface area contributed by atoms with Crippen LogP contribution < -0.4 is 0 Å². The molecular formula is C27H33NO4. The fourth-order valence-electron chi connectivity index (χ4n) is 5.49. The van der Waals surface area contributed by atoms with Gasteiger partial charge in [0.25, 0.3) is 0 Å². The zero-order valence-electron chi connectivity index (χ0n) is 19.0. The van der Waals surface area contributed by atoms with Crippen molar-refractivity contribution in [1.29, 1.82) is 0 Å². The van der Waals surface area contributed by atoms with Gasteiger partial charge in [0.2, 0.25) is 0 Å². The number of aliphatic carboxylic acids is 1. The normalized spacial score (nSPS) is 17.3. The third-order valence-electron chi connectivity index (χ3n) is 7.00. The molecule has 2 aliphatic carbocycles. The van der Waals surface area contributed by atoms with E-state index >= 15 is 0 Å². The van der Waals surface area contributed by atoms with Crippen LogP contribution >= 0.6 is 0 Å². The summed E-state index contributed by atoms with van der Waals surface area (Å²) >= 11 is 0.